The molecule has 0 saturated carbocycles. The van der Waals surface area contributed by atoms with Gasteiger partial charge in [0.05, 0.1) is 6.10 Å². The summed E-state index contributed by atoms with van der Waals surface area (Å²) < 4.78 is 7.72. The Morgan fingerprint density at radius 3 is 2.89 bits per heavy atom. The number of ether oxygens (including phenoxy) is 1. The van der Waals surface area contributed by atoms with Gasteiger partial charge in [-0.1, -0.05) is 6.07 Å². The molecule has 3 rings (SSSR count). The average molecular weight is 242 g/mol. The van der Waals surface area contributed by atoms with Crippen LogP contribution in [0.2, 0.25) is 0 Å². The predicted octanol–water partition coefficient (Wildman–Crippen LogP) is 3.07. The van der Waals surface area contributed by atoms with Crippen LogP contribution in [0.15, 0.2) is 48.8 Å². The summed E-state index contributed by atoms with van der Waals surface area (Å²) in [5.74, 6) is 0. The smallest absolute Gasteiger partial charge is 0.0748 e. The monoisotopic (exact) mass is 242 g/mol. The van der Waals surface area contributed by atoms with Gasteiger partial charge in [0.2, 0.25) is 0 Å². The van der Waals surface area contributed by atoms with Crippen LogP contribution in [-0.2, 0) is 4.74 Å². The first-order valence-corrected chi connectivity index (χ1v) is 6.51. The summed E-state index contributed by atoms with van der Waals surface area (Å²) in [4.78, 5) is 0. The minimum absolute atomic E-state index is 0.375. The van der Waals surface area contributed by atoms with Crippen molar-refractivity contribution in [1.82, 2.24) is 4.57 Å². The highest BCUT2D eigenvalue weighted by molar-refractivity contribution is 5.51. The molecule has 1 aromatic carbocycles. The minimum Gasteiger partial charge on any atom is -0.382 e. The summed E-state index contributed by atoms with van der Waals surface area (Å²) in [7, 11) is 0. The summed E-state index contributed by atoms with van der Waals surface area (Å²) in [6.45, 7) is 1.81. The maximum atomic E-state index is 5.61. The average Bonchev–Trinajstić information content (AvgIpc) is 3.10. The first-order valence-electron chi connectivity index (χ1n) is 6.51. The van der Waals surface area contributed by atoms with Crippen LogP contribution in [0.25, 0.3) is 5.69 Å². The van der Waals surface area contributed by atoms with Gasteiger partial charge in [-0.25, -0.2) is 0 Å². The van der Waals surface area contributed by atoms with Gasteiger partial charge in [-0.15, -0.1) is 0 Å². The number of nitrogens with zero attached hydrogens (tertiary/aromatic N) is 1. The predicted molar refractivity (Wildman–Crippen MR) is 73.2 cm³/mol. The van der Waals surface area contributed by atoms with Gasteiger partial charge in [0.1, 0.15) is 0 Å². The van der Waals surface area contributed by atoms with Crippen LogP contribution in [0.5, 0.6) is 0 Å². The SMILES string of the molecule is c1cc(NCC2CCCO2)cc(-n2cccc2)c1. The van der Waals surface area contributed by atoms with E-state index >= 15 is 0 Å². The molecule has 2 aromatic rings. The largest absolute Gasteiger partial charge is 0.382 e. The molecular weight excluding hydrogens is 224 g/mol. The van der Waals surface area contributed by atoms with E-state index in [0.717, 1.165) is 18.8 Å². The van der Waals surface area contributed by atoms with Gasteiger partial charge in [-0.05, 0) is 43.2 Å². The fourth-order valence-electron chi connectivity index (χ4n) is 2.32. The zero-order valence-corrected chi connectivity index (χ0v) is 10.4. The van der Waals surface area contributed by atoms with Gasteiger partial charge in [0, 0.05) is 36.9 Å². The molecule has 3 heteroatoms. The Kier molecular flexibility index (Phi) is 3.33. The van der Waals surface area contributed by atoms with Crippen molar-refractivity contribution < 1.29 is 4.74 Å². The van der Waals surface area contributed by atoms with E-state index in [1.54, 1.807) is 0 Å². The molecule has 1 aliphatic heterocycles. The van der Waals surface area contributed by atoms with Gasteiger partial charge in [-0.2, -0.15) is 0 Å². The first-order chi connectivity index (χ1) is 8.92. The lowest BCUT2D eigenvalue weighted by Crippen LogP contribution is -2.18. The number of aromatic nitrogens is 1. The van der Waals surface area contributed by atoms with Crippen molar-refractivity contribution in [2.45, 2.75) is 18.9 Å². The second-order valence-corrected chi connectivity index (χ2v) is 4.66. The van der Waals surface area contributed by atoms with Crippen molar-refractivity contribution in [3.05, 3.63) is 48.8 Å². The Bertz CT molecular complexity index is 487. The van der Waals surface area contributed by atoms with E-state index in [4.69, 9.17) is 4.74 Å². The molecule has 1 aromatic heterocycles. The molecule has 3 nitrogen and oxygen atoms in total. The van der Waals surface area contributed by atoms with E-state index in [1.807, 2.05) is 12.1 Å². The third-order valence-corrected chi connectivity index (χ3v) is 3.31. The molecule has 2 heterocycles. The number of nitrogens with one attached hydrogen (secondary N) is 1. The standard InChI is InChI=1S/C15H18N2O/c1-2-9-17(8-1)14-6-3-5-13(11-14)16-12-15-7-4-10-18-15/h1-3,5-6,8-9,11,15-16H,4,7,10,12H2. The lowest BCUT2D eigenvalue weighted by Gasteiger charge is -2.13. The van der Waals surface area contributed by atoms with Gasteiger partial charge >= 0.3 is 0 Å². The van der Waals surface area contributed by atoms with Crippen molar-refractivity contribution in [3.63, 3.8) is 0 Å². The van der Waals surface area contributed by atoms with Crippen molar-refractivity contribution in [3.8, 4) is 5.69 Å². The Morgan fingerprint density at radius 2 is 2.11 bits per heavy atom. The van der Waals surface area contributed by atoms with Gasteiger partial charge in [0.25, 0.3) is 0 Å². The lowest BCUT2D eigenvalue weighted by atomic mass is 10.2. The van der Waals surface area contributed by atoms with Gasteiger partial charge in [-0.3, -0.25) is 0 Å². The summed E-state index contributed by atoms with van der Waals surface area (Å²) in [5.41, 5.74) is 2.33. The van der Waals surface area contributed by atoms with E-state index in [2.05, 4.69) is 46.5 Å². The number of anilines is 1. The lowest BCUT2D eigenvalue weighted by molar-refractivity contribution is 0.120. The van der Waals surface area contributed by atoms with E-state index in [-0.39, 0.29) is 0 Å². The molecule has 1 unspecified atom stereocenters. The normalized spacial score (nSPS) is 19.0. The molecule has 18 heavy (non-hydrogen) atoms. The first kappa shape index (κ1) is 11.4. The molecule has 94 valence electrons. The fourth-order valence-corrected chi connectivity index (χ4v) is 2.32. The summed E-state index contributed by atoms with van der Waals surface area (Å²) in [5, 5.41) is 3.45. The molecule has 0 radical (unpaired) electrons. The molecular formula is C15H18N2O. The highest BCUT2D eigenvalue weighted by Gasteiger charge is 2.14. The zero-order chi connectivity index (χ0) is 12.2. The van der Waals surface area contributed by atoms with Crippen LogP contribution < -0.4 is 5.32 Å². The molecule has 1 fully saturated rings. The molecule has 0 bridgehead atoms. The van der Waals surface area contributed by atoms with Crippen LogP contribution in [-0.4, -0.2) is 23.8 Å². The molecule has 1 N–H and O–H groups in total. The second kappa shape index (κ2) is 5.27. The Labute approximate surface area is 107 Å². The van der Waals surface area contributed by atoms with Crippen LogP contribution in [0, 0.1) is 0 Å². The highest BCUT2D eigenvalue weighted by Crippen LogP contribution is 2.17. The quantitative estimate of drug-likeness (QED) is 0.891. The number of rotatable bonds is 4. The summed E-state index contributed by atoms with van der Waals surface area (Å²) >= 11 is 0. The molecule has 0 aliphatic carbocycles. The van der Waals surface area contributed by atoms with E-state index in [0.29, 0.717) is 6.10 Å². The second-order valence-electron chi connectivity index (χ2n) is 4.66. The number of benzene rings is 1. The Morgan fingerprint density at radius 1 is 1.22 bits per heavy atom. The van der Waals surface area contributed by atoms with Gasteiger partial charge < -0.3 is 14.6 Å². The molecule has 1 saturated heterocycles. The maximum absolute atomic E-state index is 5.61. The van der Waals surface area contributed by atoms with Crippen LogP contribution in [0.1, 0.15) is 12.8 Å². The Hall–Kier alpha value is -1.74. The molecule has 1 atom stereocenters. The zero-order valence-electron chi connectivity index (χ0n) is 10.4. The van der Waals surface area contributed by atoms with Crippen molar-refractivity contribution >= 4 is 5.69 Å². The van der Waals surface area contributed by atoms with Crippen molar-refractivity contribution in [1.29, 1.82) is 0 Å². The summed E-state index contributed by atoms with van der Waals surface area (Å²) in [6, 6.07) is 12.5. The van der Waals surface area contributed by atoms with E-state index in [9.17, 15) is 0 Å². The van der Waals surface area contributed by atoms with E-state index in [1.165, 1.54) is 18.5 Å². The van der Waals surface area contributed by atoms with Crippen LogP contribution >= 0.6 is 0 Å². The van der Waals surface area contributed by atoms with Crippen LogP contribution in [0.4, 0.5) is 5.69 Å². The number of hydrogen-bond acceptors (Lipinski definition) is 2. The number of hydrogen-bond donors (Lipinski definition) is 1. The van der Waals surface area contributed by atoms with E-state index < -0.39 is 0 Å². The molecule has 0 amide bonds. The van der Waals surface area contributed by atoms with Crippen LogP contribution in [0.3, 0.4) is 0 Å². The van der Waals surface area contributed by atoms with Crippen molar-refractivity contribution in [2.75, 3.05) is 18.5 Å². The minimum atomic E-state index is 0.375. The highest BCUT2D eigenvalue weighted by atomic mass is 16.5. The fraction of sp³-hybridized carbons (Fsp3) is 0.333. The summed E-state index contributed by atoms with van der Waals surface area (Å²) in [6.07, 6.45) is 6.85. The van der Waals surface area contributed by atoms with Crippen molar-refractivity contribution in [2.24, 2.45) is 0 Å². The molecule has 1 aliphatic rings. The third-order valence-electron chi connectivity index (χ3n) is 3.31. The van der Waals surface area contributed by atoms with Gasteiger partial charge in [0.15, 0.2) is 0 Å². The maximum Gasteiger partial charge on any atom is 0.0748 e. The molecule has 0 spiro atoms. The Balaban J connectivity index is 1.67. The topological polar surface area (TPSA) is 26.2 Å². The third kappa shape index (κ3) is 2.57.